The molecule has 4 aliphatic carbocycles. The third-order valence-corrected chi connectivity index (χ3v) is 9.71. The number of allylic oxidation sites excluding steroid dienone is 3. The van der Waals surface area contributed by atoms with E-state index in [4.69, 9.17) is 14.2 Å². The predicted octanol–water partition coefficient (Wildman–Crippen LogP) is 6.59. The highest BCUT2D eigenvalue weighted by atomic mass is 16.7. The number of hydrogen-bond acceptors (Lipinski definition) is 5. The van der Waals surface area contributed by atoms with Crippen molar-refractivity contribution in [3.63, 3.8) is 0 Å². The molecule has 0 saturated heterocycles. The summed E-state index contributed by atoms with van der Waals surface area (Å²) in [5, 5.41) is 0. The van der Waals surface area contributed by atoms with Crippen LogP contribution in [0.1, 0.15) is 71.3 Å². The SMILES string of the molecule is CO[C@@H](C)COC(=O)O[C@H]1CC[C@@]2(C)C(=CC[C@@H]3[C@@H]2CC[C@]2(C)C(c4cccnc4)=CC[C@@H]32)C1. The van der Waals surface area contributed by atoms with Gasteiger partial charge in [0.2, 0.25) is 0 Å². The molecule has 1 aromatic heterocycles. The molecule has 1 aromatic rings. The van der Waals surface area contributed by atoms with Crippen molar-refractivity contribution in [3.8, 4) is 0 Å². The van der Waals surface area contributed by atoms with Crippen molar-refractivity contribution >= 4 is 11.7 Å². The van der Waals surface area contributed by atoms with Gasteiger partial charge in [-0.15, -0.1) is 0 Å². The van der Waals surface area contributed by atoms with Crippen molar-refractivity contribution in [1.82, 2.24) is 4.98 Å². The quantitative estimate of drug-likeness (QED) is 0.362. The van der Waals surface area contributed by atoms with E-state index in [2.05, 4.69) is 43.1 Å². The molecular weight excluding hydrogens is 426 g/mol. The number of methoxy groups -OCH3 is 1. The minimum Gasteiger partial charge on any atom is -0.432 e. The minimum atomic E-state index is -0.569. The Labute approximate surface area is 204 Å². The maximum absolute atomic E-state index is 12.2. The maximum atomic E-state index is 12.2. The normalized spacial score (nSPS) is 37.4. The van der Waals surface area contributed by atoms with Gasteiger partial charge in [0.05, 0.1) is 6.10 Å². The molecule has 184 valence electrons. The number of carbonyl (C=O) groups is 1. The second-order valence-electron chi connectivity index (χ2n) is 11.4. The van der Waals surface area contributed by atoms with E-state index in [-0.39, 0.29) is 29.6 Å². The summed E-state index contributed by atoms with van der Waals surface area (Å²) in [5.41, 5.74) is 4.78. The van der Waals surface area contributed by atoms with E-state index in [1.54, 1.807) is 7.11 Å². The van der Waals surface area contributed by atoms with E-state index in [1.807, 2.05) is 19.3 Å². The minimum absolute atomic E-state index is 0.0830. The number of nitrogens with zero attached hydrogens (tertiary/aromatic N) is 1. The van der Waals surface area contributed by atoms with E-state index < -0.39 is 6.16 Å². The van der Waals surface area contributed by atoms with Gasteiger partial charge in [-0.2, -0.15) is 0 Å². The molecule has 2 fully saturated rings. The van der Waals surface area contributed by atoms with Gasteiger partial charge >= 0.3 is 6.16 Å². The van der Waals surface area contributed by atoms with Crippen molar-refractivity contribution in [3.05, 3.63) is 47.8 Å². The first-order chi connectivity index (χ1) is 16.3. The maximum Gasteiger partial charge on any atom is 0.508 e. The van der Waals surface area contributed by atoms with Crippen LogP contribution < -0.4 is 0 Å². The van der Waals surface area contributed by atoms with Gasteiger partial charge in [0.15, 0.2) is 0 Å². The number of ether oxygens (including phenoxy) is 3. The molecule has 0 amide bonds. The Bertz CT molecular complexity index is 972. The van der Waals surface area contributed by atoms with Crippen LogP contribution in [0.2, 0.25) is 0 Å². The van der Waals surface area contributed by atoms with Crippen molar-refractivity contribution in [2.24, 2.45) is 28.6 Å². The van der Waals surface area contributed by atoms with Gasteiger partial charge in [-0.05, 0) is 91.2 Å². The lowest BCUT2D eigenvalue weighted by Crippen LogP contribution is -2.50. The van der Waals surface area contributed by atoms with Crippen molar-refractivity contribution < 1.29 is 19.0 Å². The van der Waals surface area contributed by atoms with Crippen LogP contribution in [-0.2, 0) is 14.2 Å². The fraction of sp³-hybridized carbons (Fsp3) is 0.655. The molecule has 0 aromatic carbocycles. The second-order valence-corrected chi connectivity index (χ2v) is 11.4. The second kappa shape index (κ2) is 9.14. The number of aromatic nitrogens is 1. The fourth-order valence-corrected chi connectivity index (χ4v) is 7.69. The third kappa shape index (κ3) is 4.00. The zero-order valence-corrected chi connectivity index (χ0v) is 21.1. The lowest BCUT2D eigenvalue weighted by molar-refractivity contribution is -0.0421. The molecule has 5 nitrogen and oxygen atoms in total. The summed E-state index contributed by atoms with van der Waals surface area (Å²) >= 11 is 0. The van der Waals surface area contributed by atoms with E-state index in [9.17, 15) is 4.79 Å². The smallest absolute Gasteiger partial charge is 0.432 e. The zero-order valence-electron chi connectivity index (χ0n) is 21.1. The number of pyridine rings is 1. The molecule has 0 bridgehead atoms. The van der Waals surface area contributed by atoms with Gasteiger partial charge < -0.3 is 14.2 Å². The summed E-state index contributed by atoms with van der Waals surface area (Å²) in [6.45, 7) is 7.08. The fourth-order valence-electron chi connectivity index (χ4n) is 7.69. The van der Waals surface area contributed by atoms with Crippen LogP contribution in [0.25, 0.3) is 5.57 Å². The summed E-state index contributed by atoms with van der Waals surface area (Å²) in [5.74, 6) is 2.13. The van der Waals surface area contributed by atoms with Crippen molar-refractivity contribution in [1.29, 1.82) is 0 Å². The Morgan fingerprint density at radius 2 is 1.97 bits per heavy atom. The Morgan fingerprint density at radius 3 is 2.74 bits per heavy atom. The summed E-state index contributed by atoms with van der Waals surface area (Å²) in [6, 6.07) is 4.28. The summed E-state index contributed by atoms with van der Waals surface area (Å²) in [4.78, 5) is 16.6. The molecule has 0 aliphatic heterocycles. The van der Waals surface area contributed by atoms with Crippen LogP contribution in [-0.4, -0.2) is 37.1 Å². The van der Waals surface area contributed by atoms with E-state index in [0.717, 1.165) is 31.6 Å². The monoisotopic (exact) mass is 465 g/mol. The Morgan fingerprint density at radius 1 is 1.15 bits per heavy atom. The van der Waals surface area contributed by atoms with Crippen LogP contribution in [0.15, 0.2) is 42.3 Å². The molecule has 34 heavy (non-hydrogen) atoms. The molecule has 1 heterocycles. The highest BCUT2D eigenvalue weighted by molar-refractivity contribution is 5.72. The molecule has 4 aliphatic rings. The zero-order chi connectivity index (χ0) is 23.9. The lowest BCUT2D eigenvalue weighted by atomic mass is 9.47. The number of rotatable bonds is 5. The highest BCUT2D eigenvalue weighted by Crippen LogP contribution is 2.66. The lowest BCUT2D eigenvalue weighted by Gasteiger charge is -2.57. The Kier molecular flexibility index (Phi) is 6.34. The standard InChI is InChI=1S/C29H39NO4/c1-19(32-4)18-33-27(31)34-22-11-13-28(2)21(16-22)7-8-23-25-10-9-24(20-6-5-15-30-17-20)29(25,3)14-12-26(23)28/h5-7,9,15,17,19,22-23,25-26H,8,10-14,16,18H2,1-4H3/t19-,22-,23-,25-,26-,28-,29+/m0/s1. The number of fused-ring (bicyclic) bond motifs is 5. The predicted molar refractivity (Wildman–Crippen MR) is 132 cm³/mol. The van der Waals surface area contributed by atoms with Gasteiger partial charge in [-0.3, -0.25) is 4.98 Å². The average molecular weight is 466 g/mol. The van der Waals surface area contributed by atoms with Crippen LogP contribution in [0, 0.1) is 28.6 Å². The number of hydrogen-bond donors (Lipinski definition) is 0. The highest BCUT2D eigenvalue weighted by Gasteiger charge is 2.57. The third-order valence-electron chi connectivity index (χ3n) is 9.71. The van der Waals surface area contributed by atoms with E-state index in [1.165, 1.54) is 36.0 Å². The molecule has 7 atom stereocenters. The molecule has 0 N–H and O–H groups in total. The largest absolute Gasteiger partial charge is 0.508 e. The summed E-state index contributed by atoms with van der Waals surface area (Å²) in [6.07, 6.45) is 15.8. The Balaban J connectivity index is 1.27. The van der Waals surface area contributed by atoms with Gasteiger partial charge in [0.1, 0.15) is 12.7 Å². The molecule has 0 radical (unpaired) electrons. The number of carbonyl (C=O) groups excluding carboxylic acids is 1. The summed E-state index contributed by atoms with van der Waals surface area (Å²) in [7, 11) is 1.61. The van der Waals surface area contributed by atoms with Gasteiger partial charge in [0.25, 0.3) is 0 Å². The molecule has 5 heteroatoms. The molecule has 0 unspecified atom stereocenters. The first kappa shape index (κ1) is 23.6. The van der Waals surface area contributed by atoms with Crippen molar-refractivity contribution in [2.45, 2.75) is 77.9 Å². The molecule has 2 saturated carbocycles. The van der Waals surface area contributed by atoms with Crippen LogP contribution >= 0.6 is 0 Å². The van der Waals surface area contributed by atoms with Crippen molar-refractivity contribution in [2.75, 3.05) is 13.7 Å². The summed E-state index contributed by atoms with van der Waals surface area (Å²) < 4.78 is 16.1. The van der Waals surface area contributed by atoms with Gasteiger partial charge in [-0.25, -0.2) is 4.79 Å². The first-order valence-electron chi connectivity index (χ1n) is 13.0. The van der Waals surface area contributed by atoms with Gasteiger partial charge in [0, 0.05) is 25.9 Å². The van der Waals surface area contributed by atoms with Crippen LogP contribution in [0.3, 0.4) is 0 Å². The van der Waals surface area contributed by atoms with E-state index >= 15 is 0 Å². The first-order valence-corrected chi connectivity index (χ1v) is 13.0. The molecule has 0 spiro atoms. The molecule has 5 rings (SSSR count). The van der Waals surface area contributed by atoms with Crippen LogP contribution in [0.4, 0.5) is 4.79 Å². The van der Waals surface area contributed by atoms with Gasteiger partial charge in [-0.1, -0.05) is 37.6 Å². The van der Waals surface area contributed by atoms with Crippen LogP contribution in [0.5, 0.6) is 0 Å². The average Bonchev–Trinajstić information content (AvgIpc) is 3.20. The molecular formula is C29H39NO4. The van der Waals surface area contributed by atoms with E-state index in [0.29, 0.717) is 11.8 Å². The topological polar surface area (TPSA) is 57.7 Å². The Hall–Kier alpha value is -2.14.